The van der Waals surface area contributed by atoms with Crippen LogP contribution in [0.3, 0.4) is 0 Å². The molecule has 0 spiro atoms. The molecular weight excluding hydrogens is 283 g/mol. The maximum Gasteiger partial charge on any atom is 0.418 e. The Morgan fingerprint density at radius 1 is 1.05 bits per heavy atom. The molecule has 3 rings (SSSR count). The summed E-state index contributed by atoms with van der Waals surface area (Å²) >= 11 is 0. The van der Waals surface area contributed by atoms with Crippen LogP contribution in [0.2, 0.25) is 0 Å². The molecule has 0 aliphatic carbocycles. The van der Waals surface area contributed by atoms with Crippen molar-refractivity contribution in [2.75, 3.05) is 11.1 Å². The Hall–Kier alpha value is -2.70. The van der Waals surface area contributed by atoms with E-state index in [0.717, 1.165) is 6.07 Å². The second-order valence-electron chi connectivity index (χ2n) is 4.38. The van der Waals surface area contributed by atoms with E-state index in [0.29, 0.717) is 16.8 Å². The standard InChI is InChI=1S/C14H10F3N3O/c15-14(16,17)8-4-1-2-6-10(8)19-13-20-12-9(18)5-3-7-11(12)21-13/h1-7H,18H2,(H,19,20). The van der Waals surface area contributed by atoms with E-state index >= 15 is 0 Å². The van der Waals surface area contributed by atoms with Crippen LogP contribution in [0.1, 0.15) is 5.56 Å². The summed E-state index contributed by atoms with van der Waals surface area (Å²) < 4.78 is 44.1. The Bertz CT molecular complexity index is 796. The Morgan fingerprint density at radius 3 is 2.52 bits per heavy atom. The molecule has 0 bridgehead atoms. The number of alkyl halides is 3. The molecule has 4 nitrogen and oxygen atoms in total. The molecule has 3 N–H and O–H groups in total. The summed E-state index contributed by atoms with van der Waals surface area (Å²) in [5, 5.41) is 2.54. The molecule has 21 heavy (non-hydrogen) atoms. The number of hydrogen-bond donors (Lipinski definition) is 2. The van der Waals surface area contributed by atoms with Crippen LogP contribution in [-0.2, 0) is 6.18 Å². The zero-order valence-corrected chi connectivity index (χ0v) is 10.6. The minimum absolute atomic E-state index is 0.0420. The van der Waals surface area contributed by atoms with E-state index in [2.05, 4.69) is 10.3 Å². The topological polar surface area (TPSA) is 64.1 Å². The first-order valence-corrected chi connectivity index (χ1v) is 6.03. The molecule has 0 saturated heterocycles. The van der Waals surface area contributed by atoms with Gasteiger partial charge in [-0.3, -0.25) is 0 Å². The fourth-order valence-electron chi connectivity index (χ4n) is 1.98. The van der Waals surface area contributed by atoms with Crippen molar-refractivity contribution in [3.05, 3.63) is 48.0 Å². The highest BCUT2D eigenvalue weighted by Crippen LogP contribution is 2.36. The summed E-state index contributed by atoms with van der Waals surface area (Å²) in [7, 11) is 0. The quantitative estimate of drug-likeness (QED) is 0.696. The van der Waals surface area contributed by atoms with Crippen molar-refractivity contribution in [1.82, 2.24) is 4.98 Å². The number of aromatic nitrogens is 1. The molecular formula is C14H10F3N3O. The van der Waals surface area contributed by atoms with Gasteiger partial charge in [0.05, 0.1) is 16.9 Å². The summed E-state index contributed by atoms with van der Waals surface area (Å²) in [6.07, 6.45) is -4.46. The van der Waals surface area contributed by atoms with Crippen molar-refractivity contribution in [3.8, 4) is 0 Å². The molecule has 2 aromatic carbocycles. The average Bonchev–Trinajstić information content (AvgIpc) is 2.82. The van der Waals surface area contributed by atoms with Gasteiger partial charge in [-0.15, -0.1) is 0 Å². The van der Waals surface area contributed by atoms with E-state index < -0.39 is 11.7 Å². The number of nitrogens with two attached hydrogens (primary N) is 1. The highest BCUT2D eigenvalue weighted by Gasteiger charge is 2.33. The predicted octanol–water partition coefficient (Wildman–Crippen LogP) is 4.17. The van der Waals surface area contributed by atoms with Crippen molar-refractivity contribution in [3.63, 3.8) is 0 Å². The van der Waals surface area contributed by atoms with Gasteiger partial charge in [0.25, 0.3) is 6.01 Å². The van der Waals surface area contributed by atoms with Gasteiger partial charge < -0.3 is 15.5 Å². The van der Waals surface area contributed by atoms with E-state index in [9.17, 15) is 13.2 Å². The van der Waals surface area contributed by atoms with E-state index in [1.807, 2.05) is 0 Å². The molecule has 0 amide bonds. The van der Waals surface area contributed by atoms with Crippen LogP contribution >= 0.6 is 0 Å². The Morgan fingerprint density at radius 2 is 1.81 bits per heavy atom. The normalized spacial score (nSPS) is 11.8. The van der Waals surface area contributed by atoms with Gasteiger partial charge in [0.15, 0.2) is 5.58 Å². The minimum atomic E-state index is -4.46. The van der Waals surface area contributed by atoms with Crippen molar-refractivity contribution in [1.29, 1.82) is 0 Å². The first kappa shape index (κ1) is 13.3. The van der Waals surface area contributed by atoms with Crippen LogP contribution in [0.4, 0.5) is 30.6 Å². The number of nitrogens with one attached hydrogen (secondary N) is 1. The fourth-order valence-corrected chi connectivity index (χ4v) is 1.98. The molecule has 0 atom stereocenters. The van der Waals surface area contributed by atoms with Crippen LogP contribution in [-0.4, -0.2) is 4.98 Å². The lowest BCUT2D eigenvalue weighted by molar-refractivity contribution is -0.136. The van der Waals surface area contributed by atoms with Crippen LogP contribution in [0.25, 0.3) is 11.1 Å². The number of nitrogen functional groups attached to an aromatic ring is 1. The molecule has 0 saturated carbocycles. The summed E-state index contributed by atoms with van der Waals surface area (Å²) in [6, 6.07) is 10.0. The van der Waals surface area contributed by atoms with Crippen molar-refractivity contribution >= 4 is 28.5 Å². The van der Waals surface area contributed by atoms with Crippen LogP contribution in [0.15, 0.2) is 46.9 Å². The van der Waals surface area contributed by atoms with Crippen molar-refractivity contribution < 1.29 is 17.6 Å². The number of para-hydroxylation sites is 2. The Labute approximate surface area is 117 Å². The fraction of sp³-hybridized carbons (Fsp3) is 0.0714. The molecule has 0 fully saturated rings. The molecule has 7 heteroatoms. The second kappa shape index (κ2) is 4.69. The molecule has 0 aliphatic heterocycles. The highest BCUT2D eigenvalue weighted by atomic mass is 19.4. The Balaban J connectivity index is 2.01. The molecule has 0 aliphatic rings. The molecule has 3 aromatic rings. The van der Waals surface area contributed by atoms with Gasteiger partial charge in [-0.2, -0.15) is 18.2 Å². The third kappa shape index (κ3) is 2.49. The van der Waals surface area contributed by atoms with Crippen molar-refractivity contribution in [2.24, 2.45) is 0 Å². The number of fused-ring (bicyclic) bond motifs is 1. The Kier molecular flexibility index (Phi) is 2.97. The van der Waals surface area contributed by atoms with Gasteiger partial charge >= 0.3 is 6.18 Å². The smallest absolute Gasteiger partial charge is 0.418 e. The van der Waals surface area contributed by atoms with Crippen molar-refractivity contribution in [2.45, 2.75) is 6.18 Å². The van der Waals surface area contributed by atoms with Gasteiger partial charge in [0.1, 0.15) is 5.52 Å². The molecule has 1 heterocycles. The van der Waals surface area contributed by atoms with E-state index in [4.69, 9.17) is 10.2 Å². The zero-order chi connectivity index (χ0) is 15.0. The first-order valence-electron chi connectivity index (χ1n) is 6.03. The second-order valence-corrected chi connectivity index (χ2v) is 4.38. The van der Waals surface area contributed by atoms with E-state index in [-0.39, 0.29) is 11.7 Å². The first-order chi connectivity index (χ1) is 9.95. The monoisotopic (exact) mass is 293 g/mol. The number of oxazole rings is 1. The third-order valence-electron chi connectivity index (χ3n) is 2.92. The SMILES string of the molecule is Nc1cccc2oc(Nc3ccccc3C(F)(F)F)nc12. The van der Waals surface area contributed by atoms with Crippen LogP contribution < -0.4 is 11.1 Å². The summed E-state index contributed by atoms with van der Waals surface area (Å²) in [5.41, 5.74) is 6.02. The number of rotatable bonds is 2. The molecule has 108 valence electrons. The lowest BCUT2D eigenvalue weighted by atomic mass is 10.2. The van der Waals surface area contributed by atoms with Crippen LogP contribution in [0.5, 0.6) is 0 Å². The highest BCUT2D eigenvalue weighted by molar-refractivity contribution is 5.86. The van der Waals surface area contributed by atoms with Gasteiger partial charge in [-0.1, -0.05) is 18.2 Å². The maximum atomic E-state index is 12.9. The van der Waals surface area contributed by atoms with Gasteiger partial charge in [-0.05, 0) is 24.3 Å². The lowest BCUT2D eigenvalue weighted by Crippen LogP contribution is -2.08. The summed E-state index contributed by atoms with van der Waals surface area (Å²) in [5.74, 6) is 0. The van der Waals surface area contributed by atoms with Gasteiger partial charge in [0, 0.05) is 0 Å². The van der Waals surface area contributed by atoms with Gasteiger partial charge in [0.2, 0.25) is 0 Å². The molecule has 0 radical (unpaired) electrons. The van der Waals surface area contributed by atoms with Gasteiger partial charge in [-0.25, -0.2) is 0 Å². The average molecular weight is 293 g/mol. The van der Waals surface area contributed by atoms with E-state index in [1.54, 1.807) is 18.2 Å². The minimum Gasteiger partial charge on any atom is -0.423 e. The summed E-state index contributed by atoms with van der Waals surface area (Å²) in [6.45, 7) is 0. The lowest BCUT2D eigenvalue weighted by Gasteiger charge is -2.12. The number of halogens is 3. The maximum absolute atomic E-state index is 12.9. The van der Waals surface area contributed by atoms with E-state index in [1.165, 1.54) is 18.2 Å². The number of nitrogens with zero attached hydrogens (tertiary/aromatic N) is 1. The molecule has 0 unspecified atom stereocenters. The number of hydrogen-bond acceptors (Lipinski definition) is 4. The predicted molar refractivity (Wildman–Crippen MR) is 73.1 cm³/mol. The third-order valence-corrected chi connectivity index (χ3v) is 2.92. The number of anilines is 3. The largest absolute Gasteiger partial charge is 0.423 e. The summed E-state index contributed by atoms with van der Waals surface area (Å²) in [4.78, 5) is 4.06. The zero-order valence-electron chi connectivity index (χ0n) is 10.6. The molecule has 1 aromatic heterocycles. The number of benzene rings is 2. The van der Waals surface area contributed by atoms with Crippen LogP contribution in [0, 0.1) is 0 Å².